The van der Waals surface area contributed by atoms with Gasteiger partial charge in [-0.3, -0.25) is 4.90 Å². The van der Waals surface area contributed by atoms with E-state index in [9.17, 15) is 5.11 Å². The van der Waals surface area contributed by atoms with Crippen molar-refractivity contribution in [3.8, 4) is 5.75 Å². The Morgan fingerprint density at radius 2 is 1.86 bits per heavy atom. The molecule has 3 atom stereocenters. The number of β-amino-alcohol motifs (C(OH)–C–C–N with tert-alkyl or cyclic N) is 1. The topological polar surface area (TPSA) is 41.9 Å². The van der Waals surface area contributed by atoms with Crippen LogP contribution < -0.4 is 4.74 Å². The average molecular weight is 485 g/mol. The Bertz CT molecular complexity index is 756. The van der Waals surface area contributed by atoms with Gasteiger partial charge in [0.2, 0.25) is 0 Å². The number of aliphatic hydroxyl groups excluding tert-OH is 1. The second-order valence-corrected chi connectivity index (χ2v) is 8.65. The van der Waals surface area contributed by atoms with E-state index in [-0.39, 0.29) is 31.2 Å². The molecular formula is C23H31BrClNO3. The maximum absolute atomic E-state index is 10.6. The summed E-state index contributed by atoms with van der Waals surface area (Å²) in [6.07, 6.45) is -0.539. The Labute approximate surface area is 188 Å². The van der Waals surface area contributed by atoms with Crippen molar-refractivity contribution >= 4 is 28.3 Å². The summed E-state index contributed by atoms with van der Waals surface area (Å²) in [5, 5.41) is 10.6. The van der Waals surface area contributed by atoms with Crippen LogP contribution in [0, 0.1) is 0 Å². The molecule has 3 rings (SSSR count). The molecule has 0 aliphatic carbocycles. The van der Waals surface area contributed by atoms with Gasteiger partial charge in [-0.1, -0.05) is 60.1 Å². The van der Waals surface area contributed by atoms with E-state index in [1.54, 1.807) is 0 Å². The summed E-state index contributed by atoms with van der Waals surface area (Å²) in [5.74, 6) is 1.25. The maximum Gasteiger partial charge on any atom is 0.122 e. The van der Waals surface area contributed by atoms with Gasteiger partial charge < -0.3 is 14.6 Å². The van der Waals surface area contributed by atoms with Crippen LogP contribution in [0.4, 0.5) is 0 Å². The van der Waals surface area contributed by atoms with Crippen LogP contribution in [-0.4, -0.2) is 48.5 Å². The minimum absolute atomic E-state index is 0. The normalized spacial score (nSPS) is 20.9. The SMILES string of the molecule is CC(C)c1ccccc1OCC(O)CN1CCOC(c2ccc(Br)cc2)C1C.Cl. The van der Waals surface area contributed by atoms with Gasteiger partial charge in [-0.25, -0.2) is 0 Å². The third kappa shape index (κ3) is 6.43. The van der Waals surface area contributed by atoms with Crippen molar-refractivity contribution in [3.05, 3.63) is 64.1 Å². The van der Waals surface area contributed by atoms with Crippen molar-refractivity contribution in [3.63, 3.8) is 0 Å². The predicted molar refractivity (Wildman–Crippen MR) is 123 cm³/mol. The number of halogens is 2. The van der Waals surface area contributed by atoms with Crippen LogP contribution >= 0.6 is 28.3 Å². The Morgan fingerprint density at radius 3 is 2.55 bits per heavy atom. The van der Waals surface area contributed by atoms with E-state index in [0.717, 1.165) is 22.3 Å². The van der Waals surface area contributed by atoms with Gasteiger partial charge >= 0.3 is 0 Å². The van der Waals surface area contributed by atoms with Gasteiger partial charge in [-0.15, -0.1) is 12.4 Å². The lowest BCUT2D eigenvalue weighted by atomic mass is 10.0. The lowest BCUT2D eigenvalue weighted by Gasteiger charge is -2.40. The highest BCUT2D eigenvalue weighted by atomic mass is 79.9. The number of hydrogen-bond donors (Lipinski definition) is 1. The Hall–Kier alpha value is -1.11. The number of morpholine rings is 1. The zero-order valence-corrected chi connectivity index (χ0v) is 19.7. The Balaban J connectivity index is 0.00000300. The summed E-state index contributed by atoms with van der Waals surface area (Å²) < 4.78 is 13.0. The second-order valence-electron chi connectivity index (χ2n) is 7.74. The molecule has 160 valence electrons. The first-order valence-electron chi connectivity index (χ1n) is 9.96. The van der Waals surface area contributed by atoms with E-state index < -0.39 is 6.10 Å². The van der Waals surface area contributed by atoms with Gasteiger partial charge in [0.25, 0.3) is 0 Å². The molecule has 6 heteroatoms. The number of para-hydroxylation sites is 1. The van der Waals surface area contributed by atoms with Gasteiger partial charge in [0.1, 0.15) is 18.5 Å². The van der Waals surface area contributed by atoms with E-state index in [0.29, 0.717) is 19.1 Å². The maximum atomic E-state index is 10.6. The molecule has 0 radical (unpaired) electrons. The molecule has 1 heterocycles. The monoisotopic (exact) mass is 483 g/mol. The van der Waals surface area contributed by atoms with Gasteiger partial charge in [0.15, 0.2) is 0 Å². The van der Waals surface area contributed by atoms with Crippen LogP contribution in [0.25, 0.3) is 0 Å². The minimum Gasteiger partial charge on any atom is -0.491 e. The first-order valence-corrected chi connectivity index (χ1v) is 10.8. The van der Waals surface area contributed by atoms with Gasteiger partial charge in [-0.05, 0) is 42.2 Å². The Kier molecular flexibility index (Phi) is 9.44. The summed E-state index contributed by atoms with van der Waals surface area (Å²) in [6.45, 7) is 8.79. The third-order valence-electron chi connectivity index (χ3n) is 5.31. The fourth-order valence-corrected chi connectivity index (χ4v) is 3.98. The molecular weight excluding hydrogens is 454 g/mol. The molecule has 1 aliphatic rings. The highest BCUT2D eigenvalue weighted by molar-refractivity contribution is 9.10. The molecule has 1 fully saturated rings. The van der Waals surface area contributed by atoms with Crippen molar-refractivity contribution in [2.24, 2.45) is 0 Å². The molecule has 4 nitrogen and oxygen atoms in total. The second kappa shape index (κ2) is 11.3. The van der Waals surface area contributed by atoms with Crippen molar-refractivity contribution in [1.29, 1.82) is 0 Å². The van der Waals surface area contributed by atoms with Gasteiger partial charge in [-0.2, -0.15) is 0 Å². The molecule has 2 aromatic rings. The molecule has 1 N–H and O–H groups in total. The first kappa shape index (κ1) is 24.2. The van der Waals surface area contributed by atoms with Gasteiger partial charge in [0.05, 0.1) is 12.7 Å². The van der Waals surface area contributed by atoms with E-state index >= 15 is 0 Å². The molecule has 3 unspecified atom stereocenters. The number of nitrogens with zero attached hydrogens (tertiary/aromatic N) is 1. The lowest BCUT2D eigenvalue weighted by molar-refractivity contribution is -0.0805. The summed E-state index contributed by atoms with van der Waals surface area (Å²) in [7, 11) is 0. The Morgan fingerprint density at radius 1 is 1.17 bits per heavy atom. The smallest absolute Gasteiger partial charge is 0.122 e. The molecule has 0 bridgehead atoms. The van der Waals surface area contributed by atoms with Crippen LogP contribution in [0.1, 0.15) is 43.9 Å². The number of benzene rings is 2. The van der Waals surface area contributed by atoms with E-state index in [1.807, 2.05) is 30.3 Å². The highest BCUT2D eigenvalue weighted by Crippen LogP contribution is 2.30. The number of rotatable bonds is 7. The fourth-order valence-electron chi connectivity index (χ4n) is 3.71. The van der Waals surface area contributed by atoms with Crippen LogP contribution in [0.15, 0.2) is 53.0 Å². The summed E-state index contributed by atoms with van der Waals surface area (Å²) >= 11 is 3.48. The summed E-state index contributed by atoms with van der Waals surface area (Å²) in [6, 6.07) is 16.5. The quantitative estimate of drug-likeness (QED) is 0.587. The molecule has 0 spiro atoms. The molecule has 0 amide bonds. The van der Waals surface area contributed by atoms with Gasteiger partial charge in [0, 0.05) is 23.6 Å². The molecule has 0 saturated carbocycles. The molecule has 0 aromatic heterocycles. The molecule has 1 aliphatic heterocycles. The van der Waals surface area contributed by atoms with Crippen molar-refractivity contribution in [2.45, 2.75) is 44.9 Å². The van der Waals surface area contributed by atoms with Crippen molar-refractivity contribution < 1.29 is 14.6 Å². The number of aliphatic hydroxyl groups is 1. The van der Waals surface area contributed by atoms with E-state index in [2.05, 4.69) is 59.8 Å². The largest absolute Gasteiger partial charge is 0.491 e. The zero-order chi connectivity index (χ0) is 20.1. The van der Waals surface area contributed by atoms with Crippen LogP contribution in [0.2, 0.25) is 0 Å². The van der Waals surface area contributed by atoms with Crippen LogP contribution in [-0.2, 0) is 4.74 Å². The van der Waals surface area contributed by atoms with Crippen LogP contribution in [0.3, 0.4) is 0 Å². The fraction of sp³-hybridized carbons (Fsp3) is 0.478. The third-order valence-corrected chi connectivity index (χ3v) is 5.83. The number of hydrogen-bond acceptors (Lipinski definition) is 4. The summed E-state index contributed by atoms with van der Waals surface area (Å²) in [5.41, 5.74) is 2.33. The minimum atomic E-state index is -0.550. The van der Waals surface area contributed by atoms with E-state index in [1.165, 1.54) is 5.56 Å². The number of ether oxygens (including phenoxy) is 2. The summed E-state index contributed by atoms with van der Waals surface area (Å²) in [4.78, 5) is 2.29. The average Bonchev–Trinajstić information content (AvgIpc) is 2.69. The lowest BCUT2D eigenvalue weighted by Crippen LogP contribution is -2.49. The predicted octanol–water partition coefficient (Wildman–Crippen LogP) is 5.20. The first-order chi connectivity index (χ1) is 13.5. The highest BCUT2D eigenvalue weighted by Gasteiger charge is 2.31. The molecule has 2 aromatic carbocycles. The van der Waals surface area contributed by atoms with Crippen molar-refractivity contribution in [1.82, 2.24) is 4.90 Å². The molecule has 1 saturated heterocycles. The molecule has 29 heavy (non-hydrogen) atoms. The van der Waals surface area contributed by atoms with E-state index in [4.69, 9.17) is 9.47 Å². The standard InChI is InChI=1S/C23H30BrNO3.ClH/c1-16(2)21-6-4-5-7-22(21)28-15-20(26)14-25-12-13-27-23(17(25)3)18-8-10-19(24)11-9-18;/h4-11,16-17,20,23,26H,12-15H2,1-3H3;1H. The van der Waals surface area contributed by atoms with Crippen LogP contribution in [0.5, 0.6) is 5.75 Å². The van der Waals surface area contributed by atoms with Crippen molar-refractivity contribution in [2.75, 3.05) is 26.3 Å². The zero-order valence-electron chi connectivity index (χ0n) is 17.3.